The minimum Gasteiger partial charge on any atom is -0.494 e. The molecule has 0 N–H and O–H groups in total. The Balaban J connectivity index is 1.67. The Morgan fingerprint density at radius 2 is 1.25 bits per heavy atom. The van der Waals surface area contributed by atoms with Crippen LogP contribution in [0.5, 0.6) is 11.5 Å². The molecule has 0 heterocycles. The maximum absolute atomic E-state index is 12.4. The van der Waals surface area contributed by atoms with Crippen LogP contribution in [0.1, 0.15) is 127 Å². The number of rotatable bonds is 21. The molecule has 1 unspecified atom stereocenters. The highest BCUT2D eigenvalue weighted by molar-refractivity contribution is 5.90. The Hall–Kier alpha value is -3.08. The summed E-state index contributed by atoms with van der Waals surface area (Å²) in [5.41, 5.74) is 1.33. The maximum atomic E-state index is 12.4. The predicted molar refractivity (Wildman–Crippen MR) is 164 cm³/mol. The SMILES string of the molecule is CCCCCCCCCOc1ccc(/C=C/C(=O)Oc2ccc(C(=O)OC(C)CCCCCCCC)cc2)cc1. The predicted octanol–water partition coefficient (Wildman–Crippen LogP) is 9.73. The lowest BCUT2D eigenvalue weighted by Crippen LogP contribution is -2.15. The van der Waals surface area contributed by atoms with Crippen molar-refractivity contribution in [2.75, 3.05) is 6.61 Å². The lowest BCUT2D eigenvalue weighted by Gasteiger charge is -2.13. The van der Waals surface area contributed by atoms with Crippen LogP contribution in [0.2, 0.25) is 0 Å². The summed E-state index contributed by atoms with van der Waals surface area (Å²) in [6.45, 7) is 7.11. The van der Waals surface area contributed by atoms with E-state index < -0.39 is 5.97 Å². The Kier molecular flexibility index (Phi) is 17.2. The molecule has 0 saturated carbocycles. The molecular formula is C35H50O5. The van der Waals surface area contributed by atoms with Gasteiger partial charge < -0.3 is 14.2 Å². The smallest absolute Gasteiger partial charge is 0.338 e. The van der Waals surface area contributed by atoms with Gasteiger partial charge in [-0.1, -0.05) is 96.6 Å². The van der Waals surface area contributed by atoms with Gasteiger partial charge in [0, 0.05) is 6.08 Å². The summed E-state index contributed by atoms with van der Waals surface area (Å²) < 4.78 is 16.8. The number of carbonyl (C=O) groups excluding carboxylic acids is 2. The molecule has 1 atom stereocenters. The van der Waals surface area contributed by atoms with Gasteiger partial charge in [-0.25, -0.2) is 9.59 Å². The first kappa shape index (κ1) is 33.1. The molecule has 5 heteroatoms. The standard InChI is InChI=1S/C35H50O5/c1-4-6-8-10-12-14-16-28-38-32-23-18-30(19-24-32)20-27-34(36)40-33-25-21-31(22-26-33)35(37)39-29(3)17-15-13-11-9-7-5-2/h18-27,29H,4-17,28H2,1-3H3/b27-20+. The largest absolute Gasteiger partial charge is 0.494 e. The fraction of sp³-hybridized carbons (Fsp3) is 0.543. The van der Waals surface area contributed by atoms with Crippen LogP contribution in [-0.2, 0) is 9.53 Å². The molecule has 2 rings (SSSR count). The van der Waals surface area contributed by atoms with Crippen molar-refractivity contribution in [1.82, 2.24) is 0 Å². The van der Waals surface area contributed by atoms with Gasteiger partial charge in [0.25, 0.3) is 0 Å². The Labute approximate surface area is 242 Å². The monoisotopic (exact) mass is 550 g/mol. The molecule has 0 amide bonds. The van der Waals surface area contributed by atoms with Crippen molar-refractivity contribution in [2.24, 2.45) is 0 Å². The van der Waals surface area contributed by atoms with E-state index in [4.69, 9.17) is 14.2 Å². The molecule has 220 valence electrons. The summed E-state index contributed by atoms with van der Waals surface area (Å²) in [6.07, 6.45) is 20.0. The minimum absolute atomic E-state index is 0.118. The van der Waals surface area contributed by atoms with Gasteiger partial charge in [0.15, 0.2) is 0 Å². The summed E-state index contributed by atoms with van der Waals surface area (Å²) in [4.78, 5) is 24.7. The molecule has 40 heavy (non-hydrogen) atoms. The molecular weight excluding hydrogens is 500 g/mol. The third-order valence-electron chi connectivity index (χ3n) is 6.89. The summed E-state index contributed by atoms with van der Waals surface area (Å²) in [5, 5.41) is 0. The van der Waals surface area contributed by atoms with Crippen molar-refractivity contribution < 1.29 is 23.8 Å². The van der Waals surface area contributed by atoms with E-state index in [-0.39, 0.29) is 12.1 Å². The highest BCUT2D eigenvalue weighted by Crippen LogP contribution is 2.17. The van der Waals surface area contributed by atoms with Crippen LogP contribution < -0.4 is 9.47 Å². The van der Waals surface area contributed by atoms with Gasteiger partial charge in [-0.3, -0.25) is 0 Å². The number of ether oxygens (including phenoxy) is 3. The lowest BCUT2D eigenvalue weighted by molar-refractivity contribution is -0.128. The second-order valence-electron chi connectivity index (χ2n) is 10.6. The molecule has 0 spiro atoms. The highest BCUT2D eigenvalue weighted by Gasteiger charge is 2.12. The van der Waals surface area contributed by atoms with Crippen LogP contribution in [-0.4, -0.2) is 24.6 Å². The number of benzene rings is 2. The van der Waals surface area contributed by atoms with Crippen LogP contribution in [0, 0.1) is 0 Å². The Morgan fingerprint density at radius 3 is 1.88 bits per heavy atom. The van der Waals surface area contributed by atoms with Crippen molar-refractivity contribution in [2.45, 2.75) is 117 Å². The van der Waals surface area contributed by atoms with E-state index in [9.17, 15) is 9.59 Å². The molecule has 0 aliphatic rings. The topological polar surface area (TPSA) is 61.8 Å². The van der Waals surface area contributed by atoms with E-state index in [2.05, 4.69) is 13.8 Å². The van der Waals surface area contributed by atoms with E-state index in [0.717, 1.165) is 37.2 Å². The minimum atomic E-state index is -0.484. The molecule has 0 aliphatic carbocycles. The van der Waals surface area contributed by atoms with Gasteiger partial charge in [0.05, 0.1) is 18.3 Å². The van der Waals surface area contributed by atoms with Gasteiger partial charge in [0.1, 0.15) is 11.5 Å². The molecule has 0 aromatic heterocycles. The van der Waals surface area contributed by atoms with E-state index in [0.29, 0.717) is 11.3 Å². The number of unbranched alkanes of at least 4 members (excludes halogenated alkanes) is 11. The highest BCUT2D eigenvalue weighted by atomic mass is 16.5. The van der Waals surface area contributed by atoms with Gasteiger partial charge in [-0.2, -0.15) is 0 Å². The average molecular weight is 551 g/mol. The fourth-order valence-electron chi connectivity index (χ4n) is 4.42. The average Bonchev–Trinajstić information content (AvgIpc) is 2.96. The first-order chi connectivity index (χ1) is 19.5. The first-order valence-corrected chi connectivity index (χ1v) is 15.5. The second kappa shape index (κ2) is 20.8. The van der Waals surface area contributed by atoms with E-state index in [1.54, 1.807) is 30.3 Å². The molecule has 0 radical (unpaired) electrons. The molecule has 2 aromatic rings. The molecule has 0 bridgehead atoms. The van der Waals surface area contributed by atoms with Gasteiger partial charge in [-0.15, -0.1) is 0 Å². The van der Waals surface area contributed by atoms with Crippen LogP contribution >= 0.6 is 0 Å². The number of hydrogen-bond donors (Lipinski definition) is 0. The lowest BCUT2D eigenvalue weighted by atomic mass is 10.1. The second-order valence-corrected chi connectivity index (χ2v) is 10.6. The molecule has 5 nitrogen and oxygen atoms in total. The zero-order valence-corrected chi connectivity index (χ0v) is 25.0. The summed E-state index contributed by atoms with van der Waals surface area (Å²) >= 11 is 0. The summed E-state index contributed by atoms with van der Waals surface area (Å²) in [5.74, 6) is 0.370. The van der Waals surface area contributed by atoms with Gasteiger partial charge >= 0.3 is 11.9 Å². The quantitative estimate of drug-likeness (QED) is 0.0670. The zero-order chi connectivity index (χ0) is 28.8. The number of hydrogen-bond acceptors (Lipinski definition) is 5. The van der Waals surface area contributed by atoms with Crippen molar-refractivity contribution in [3.63, 3.8) is 0 Å². The van der Waals surface area contributed by atoms with Gasteiger partial charge in [0.2, 0.25) is 0 Å². The first-order valence-electron chi connectivity index (χ1n) is 15.5. The van der Waals surface area contributed by atoms with Crippen LogP contribution in [0.15, 0.2) is 54.6 Å². The molecule has 2 aromatic carbocycles. The molecule has 0 fully saturated rings. The van der Waals surface area contributed by atoms with Crippen molar-refractivity contribution in [3.05, 3.63) is 65.7 Å². The molecule has 0 aliphatic heterocycles. The number of esters is 2. The third-order valence-corrected chi connectivity index (χ3v) is 6.89. The van der Waals surface area contributed by atoms with E-state index in [1.807, 2.05) is 31.2 Å². The molecule has 0 saturated heterocycles. The number of carbonyl (C=O) groups is 2. The van der Waals surface area contributed by atoms with E-state index >= 15 is 0 Å². The summed E-state index contributed by atoms with van der Waals surface area (Å²) in [6, 6.07) is 14.1. The summed E-state index contributed by atoms with van der Waals surface area (Å²) in [7, 11) is 0. The third kappa shape index (κ3) is 14.9. The van der Waals surface area contributed by atoms with Crippen molar-refractivity contribution in [1.29, 1.82) is 0 Å². The van der Waals surface area contributed by atoms with Crippen LogP contribution in [0.3, 0.4) is 0 Å². The normalized spacial score (nSPS) is 11.9. The van der Waals surface area contributed by atoms with Crippen LogP contribution in [0.25, 0.3) is 6.08 Å². The van der Waals surface area contributed by atoms with Crippen LogP contribution in [0.4, 0.5) is 0 Å². The zero-order valence-electron chi connectivity index (χ0n) is 25.0. The fourth-order valence-corrected chi connectivity index (χ4v) is 4.42. The Bertz CT molecular complexity index is 978. The Morgan fingerprint density at radius 1 is 0.700 bits per heavy atom. The van der Waals surface area contributed by atoms with Gasteiger partial charge in [-0.05, 0) is 74.2 Å². The van der Waals surface area contributed by atoms with Crippen molar-refractivity contribution in [3.8, 4) is 11.5 Å². The van der Waals surface area contributed by atoms with Crippen molar-refractivity contribution >= 4 is 18.0 Å². The maximum Gasteiger partial charge on any atom is 0.338 e. The van der Waals surface area contributed by atoms with E-state index in [1.165, 1.54) is 76.7 Å².